The highest BCUT2D eigenvalue weighted by molar-refractivity contribution is 6.21. The molecule has 26 heavy (non-hydrogen) atoms. The Labute approximate surface area is 151 Å². The first kappa shape index (κ1) is 17.7. The first-order valence-corrected chi connectivity index (χ1v) is 8.48. The van der Waals surface area contributed by atoms with E-state index in [4.69, 9.17) is 0 Å². The monoisotopic (exact) mass is 352 g/mol. The predicted molar refractivity (Wildman–Crippen MR) is 95.7 cm³/mol. The summed E-state index contributed by atoms with van der Waals surface area (Å²) in [4.78, 5) is 37.8. The maximum Gasteiger partial charge on any atom is 0.261 e. The number of aryl methyl sites for hydroxylation is 1. The minimum absolute atomic E-state index is 0.133. The highest BCUT2D eigenvalue weighted by Crippen LogP contribution is 2.24. The molecule has 2 N–H and O–H groups in total. The lowest BCUT2D eigenvalue weighted by Crippen LogP contribution is -2.32. The van der Waals surface area contributed by atoms with Gasteiger partial charge in [-0.05, 0) is 31.5 Å². The van der Waals surface area contributed by atoms with Crippen LogP contribution in [-0.4, -0.2) is 34.3 Å². The van der Waals surface area contributed by atoms with E-state index in [1.54, 1.807) is 42.5 Å². The number of carbonyl (C=O) groups excluding carboxylic acids is 3. The molecule has 0 radical (unpaired) electrons. The number of benzene rings is 2. The van der Waals surface area contributed by atoms with Crippen LogP contribution in [0.1, 0.15) is 44.7 Å². The first-order valence-electron chi connectivity index (χ1n) is 8.48. The van der Waals surface area contributed by atoms with E-state index in [1.807, 2.05) is 6.92 Å². The van der Waals surface area contributed by atoms with Crippen LogP contribution in [0.4, 0.5) is 0 Å². The molecule has 134 valence electrons. The molecule has 0 bridgehead atoms. The Morgan fingerprint density at radius 2 is 1.81 bits per heavy atom. The summed E-state index contributed by atoms with van der Waals surface area (Å²) in [6.45, 7) is 2.31. The van der Waals surface area contributed by atoms with E-state index in [0.29, 0.717) is 23.1 Å². The summed E-state index contributed by atoms with van der Waals surface area (Å²) in [6.07, 6.45) is 0.580. The Balaban J connectivity index is 1.49. The number of fused-ring (bicyclic) bond motifs is 1. The minimum Gasteiger partial charge on any atom is -0.508 e. The third-order valence-corrected chi connectivity index (χ3v) is 4.38. The Bertz CT molecular complexity index is 876. The molecule has 0 aliphatic carbocycles. The number of phenols is 1. The maximum absolute atomic E-state index is 12.4. The summed E-state index contributed by atoms with van der Waals surface area (Å²) >= 11 is 0. The van der Waals surface area contributed by atoms with E-state index < -0.39 is 0 Å². The van der Waals surface area contributed by atoms with Crippen LogP contribution in [0.5, 0.6) is 5.75 Å². The van der Waals surface area contributed by atoms with Crippen LogP contribution in [0.2, 0.25) is 0 Å². The van der Waals surface area contributed by atoms with Crippen LogP contribution in [0, 0.1) is 6.92 Å². The van der Waals surface area contributed by atoms with Crippen molar-refractivity contribution >= 4 is 17.7 Å². The van der Waals surface area contributed by atoms with Crippen molar-refractivity contribution in [1.82, 2.24) is 10.2 Å². The van der Waals surface area contributed by atoms with Gasteiger partial charge in [-0.25, -0.2) is 0 Å². The molecular formula is C20H20N2O4. The van der Waals surface area contributed by atoms with Crippen molar-refractivity contribution in [2.75, 3.05) is 6.54 Å². The Morgan fingerprint density at radius 3 is 2.58 bits per heavy atom. The van der Waals surface area contributed by atoms with E-state index in [2.05, 4.69) is 5.32 Å². The molecule has 1 aliphatic rings. The molecule has 0 unspecified atom stereocenters. The number of carbonyl (C=O) groups is 3. The SMILES string of the molecule is Cc1ccc2c(c1)C(=O)N(CCCC(=O)NCc1ccccc1O)C2=O. The predicted octanol–water partition coefficient (Wildman–Crippen LogP) is 2.39. The van der Waals surface area contributed by atoms with Gasteiger partial charge in [0.1, 0.15) is 5.75 Å². The van der Waals surface area contributed by atoms with Crippen molar-refractivity contribution in [2.24, 2.45) is 0 Å². The molecule has 3 amide bonds. The number of aromatic hydroxyl groups is 1. The smallest absolute Gasteiger partial charge is 0.261 e. The largest absolute Gasteiger partial charge is 0.508 e. The Hall–Kier alpha value is -3.15. The van der Waals surface area contributed by atoms with Gasteiger partial charge in [-0.3, -0.25) is 19.3 Å². The zero-order chi connectivity index (χ0) is 18.7. The van der Waals surface area contributed by atoms with Crippen molar-refractivity contribution in [3.05, 3.63) is 64.7 Å². The van der Waals surface area contributed by atoms with Gasteiger partial charge in [0.15, 0.2) is 0 Å². The van der Waals surface area contributed by atoms with Crippen LogP contribution in [0.15, 0.2) is 42.5 Å². The first-order chi connectivity index (χ1) is 12.5. The number of hydrogen-bond acceptors (Lipinski definition) is 4. The highest BCUT2D eigenvalue weighted by atomic mass is 16.3. The maximum atomic E-state index is 12.4. The summed E-state index contributed by atoms with van der Waals surface area (Å²) in [7, 11) is 0. The molecule has 2 aromatic rings. The molecule has 6 nitrogen and oxygen atoms in total. The summed E-state index contributed by atoms with van der Waals surface area (Å²) in [5.74, 6) is -0.669. The number of amides is 3. The molecule has 0 atom stereocenters. The summed E-state index contributed by atoms with van der Waals surface area (Å²) in [5.41, 5.74) is 2.41. The second kappa shape index (κ2) is 7.39. The fourth-order valence-corrected chi connectivity index (χ4v) is 2.95. The fourth-order valence-electron chi connectivity index (χ4n) is 2.95. The average Bonchev–Trinajstić information content (AvgIpc) is 2.85. The molecule has 0 aromatic heterocycles. The summed E-state index contributed by atoms with van der Waals surface area (Å²) in [5, 5.41) is 12.4. The number of hydrogen-bond donors (Lipinski definition) is 2. The van der Waals surface area contributed by atoms with Crippen LogP contribution in [0.25, 0.3) is 0 Å². The van der Waals surface area contributed by atoms with Crippen molar-refractivity contribution < 1.29 is 19.5 Å². The van der Waals surface area contributed by atoms with Crippen LogP contribution >= 0.6 is 0 Å². The van der Waals surface area contributed by atoms with Gasteiger partial charge in [0, 0.05) is 25.1 Å². The molecule has 0 fully saturated rings. The zero-order valence-electron chi connectivity index (χ0n) is 14.5. The van der Waals surface area contributed by atoms with Crippen LogP contribution in [-0.2, 0) is 11.3 Å². The van der Waals surface area contributed by atoms with Crippen molar-refractivity contribution in [2.45, 2.75) is 26.3 Å². The van der Waals surface area contributed by atoms with Crippen LogP contribution in [0.3, 0.4) is 0 Å². The Morgan fingerprint density at radius 1 is 1.08 bits per heavy atom. The molecular weight excluding hydrogens is 332 g/mol. The van der Waals surface area contributed by atoms with E-state index in [1.165, 1.54) is 4.90 Å². The number of para-hydroxylation sites is 1. The third-order valence-electron chi connectivity index (χ3n) is 4.38. The number of imide groups is 1. The van der Waals surface area contributed by atoms with E-state index in [0.717, 1.165) is 5.56 Å². The molecule has 2 aromatic carbocycles. The lowest BCUT2D eigenvalue weighted by molar-refractivity contribution is -0.121. The summed E-state index contributed by atoms with van der Waals surface area (Å²) in [6, 6.07) is 12.0. The highest BCUT2D eigenvalue weighted by Gasteiger charge is 2.34. The molecule has 1 heterocycles. The van der Waals surface area contributed by atoms with E-state index in [9.17, 15) is 19.5 Å². The molecule has 0 saturated carbocycles. The van der Waals surface area contributed by atoms with Gasteiger partial charge in [-0.15, -0.1) is 0 Å². The third kappa shape index (κ3) is 3.59. The van der Waals surface area contributed by atoms with Gasteiger partial charge in [-0.2, -0.15) is 0 Å². The van der Waals surface area contributed by atoms with Gasteiger partial charge in [0.2, 0.25) is 5.91 Å². The molecule has 0 spiro atoms. The standard InChI is InChI=1S/C20H20N2O4/c1-13-8-9-15-16(11-13)20(26)22(19(15)25)10-4-7-18(24)21-12-14-5-2-3-6-17(14)23/h2-3,5-6,8-9,11,23H,4,7,10,12H2,1H3,(H,21,24). The lowest BCUT2D eigenvalue weighted by Gasteiger charge is -2.13. The number of nitrogens with one attached hydrogen (secondary N) is 1. The van der Waals surface area contributed by atoms with Crippen molar-refractivity contribution in [3.8, 4) is 5.75 Å². The van der Waals surface area contributed by atoms with Gasteiger partial charge >= 0.3 is 0 Å². The molecule has 0 saturated heterocycles. The fraction of sp³-hybridized carbons (Fsp3) is 0.250. The average molecular weight is 352 g/mol. The molecule has 6 heteroatoms. The quantitative estimate of drug-likeness (QED) is 0.782. The molecule has 1 aliphatic heterocycles. The van der Waals surface area contributed by atoms with Crippen molar-refractivity contribution in [3.63, 3.8) is 0 Å². The normalized spacial score (nSPS) is 13.0. The number of rotatable bonds is 6. The number of nitrogens with zero attached hydrogens (tertiary/aromatic N) is 1. The van der Waals surface area contributed by atoms with Crippen LogP contribution < -0.4 is 5.32 Å². The van der Waals surface area contributed by atoms with Gasteiger partial charge < -0.3 is 10.4 Å². The van der Waals surface area contributed by atoms with Gasteiger partial charge in [0.05, 0.1) is 11.1 Å². The van der Waals surface area contributed by atoms with Crippen molar-refractivity contribution in [1.29, 1.82) is 0 Å². The van der Waals surface area contributed by atoms with E-state index in [-0.39, 0.29) is 43.0 Å². The molecule has 3 rings (SSSR count). The van der Waals surface area contributed by atoms with Gasteiger partial charge in [0.25, 0.3) is 11.8 Å². The van der Waals surface area contributed by atoms with E-state index >= 15 is 0 Å². The second-order valence-electron chi connectivity index (χ2n) is 6.32. The number of phenolic OH excluding ortho intramolecular Hbond substituents is 1. The minimum atomic E-state index is -0.306. The topological polar surface area (TPSA) is 86.7 Å². The zero-order valence-corrected chi connectivity index (χ0v) is 14.5. The summed E-state index contributed by atoms with van der Waals surface area (Å²) < 4.78 is 0. The Kier molecular flexibility index (Phi) is 5.02. The second-order valence-corrected chi connectivity index (χ2v) is 6.32. The van der Waals surface area contributed by atoms with Gasteiger partial charge in [-0.1, -0.05) is 29.8 Å². The lowest BCUT2D eigenvalue weighted by atomic mass is 10.1.